The van der Waals surface area contributed by atoms with E-state index in [1.54, 1.807) is 13.2 Å². The van der Waals surface area contributed by atoms with Crippen LogP contribution in [0.25, 0.3) is 22.1 Å². The fourth-order valence-electron chi connectivity index (χ4n) is 2.83. The van der Waals surface area contributed by atoms with Crippen molar-refractivity contribution in [1.29, 1.82) is 0 Å². The summed E-state index contributed by atoms with van der Waals surface area (Å²) in [7, 11) is 1.59. The summed E-state index contributed by atoms with van der Waals surface area (Å²) in [5.74, 6) is 0.676. The highest BCUT2D eigenvalue weighted by Crippen LogP contribution is 2.27. The first-order valence-corrected chi connectivity index (χ1v) is 7.90. The van der Waals surface area contributed by atoms with Gasteiger partial charge in [-0.2, -0.15) is 0 Å². The molecule has 0 aliphatic rings. The number of benzene rings is 2. The zero-order valence-electron chi connectivity index (χ0n) is 13.7. The summed E-state index contributed by atoms with van der Waals surface area (Å²) in [6.45, 7) is 4.23. The first-order valence-electron chi connectivity index (χ1n) is 7.90. The third-order valence-corrected chi connectivity index (χ3v) is 4.19. The molecule has 0 radical (unpaired) electrons. The van der Waals surface area contributed by atoms with Gasteiger partial charge >= 0.3 is 5.63 Å². The molecule has 118 valence electrons. The summed E-state index contributed by atoms with van der Waals surface area (Å²) in [5.41, 5.74) is 4.24. The van der Waals surface area contributed by atoms with Crippen LogP contribution in [-0.4, -0.2) is 7.11 Å². The average Bonchev–Trinajstić information content (AvgIpc) is 2.60. The Bertz CT molecular complexity index is 906. The van der Waals surface area contributed by atoms with Gasteiger partial charge in [-0.25, -0.2) is 4.79 Å². The lowest BCUT2D eigenvalue weighted by atomic mass is 9.95. The summed E-state index contributed by atoms with van der Waals surface area (Å²) in [6, 6.07) is 13.7. The van der Waals surface area contributed by atoms with Gasteiger partial charge in [0.25, 0.3) is 0 Å². The molecule has 0 N–H and O–H groups in total. The lowest BCUT2D eigenvalue weighted by Crippen LogP contribution is -2.05. The summed E-state index contributed by atoms with van der Waals surface area (Å²) in [5, 5.41) is 0.891. The minimum atomic E-state index is -0.315. The molecule has 2 aromatic carbocycles. The number of fused-ring (bicyclic) bond motifs is 1. The molecule has 0 aliphatic carbocycles. The van der Waals surface area contributed by atoms with E-state index in [1.165, 1.54) is 11.1 Å². The molecule has 1 heterocycles. The molecule has 0 unspecified atom stereocenters. The van der Waals surface area contributed by atoms with Crippen LogP contribution in [0.2, 0.25) is 0 Å². The van der Waals surface area contributed by atoms with Gasteiger partial charge < -0.3 is 9.15 Å². The topological polar surface area (TPSA) is 39.4 Å². The van der Waals surface area contributed by atoms with E-state index in [2.05, 4.69) is 26.0 Å². The van der Waals surface area contributed by atoms with Crippen molar-refractivity contribution in [3.05, 3.63) is 64.0 Å². The van der Waals surface area contributed by atoms with Crippen molar-refractivity contribution in [3.63, 3.8) is 0 Å². The Morgan fingerprint density at radius 3 is 2.48 bits per heavy atom. The molecule has 3 nitrogen and oxygen atoms in total. The van der Waals surface area contributed by atoms with Gasteiger partial charge in [-0.15, -0.1) is 0 Å². The van der Waals surface area contributed by atoms with Gasteiger partial charge in [0.1, 0.15) is 11.3 Å². The van der Waals surface area contributed by atoms with Gasteiger partial charge in [-0.1, -0.05) is 32.0 Å². The highest BCUT2D eigenvalue weighted by molar-refractivity contribution is 5.83. The molecule has 0 spiro atoms. The maximum atomic E-state index is 12.4. The molecule has 0 fully saturated rings. The van der Waals surface area contributed by atoms with Gasteiger partial charge in [-0.05, 0) is 47.7 Å². The molecule has 3 aromatic rings. The van der Waals surface area contributed by atoms with E-state index < -0.39 is 0 Å². The third-order valence-electron chi connectivity index (χ3n) is 4.19. The van der Waals surface area contributed by atoms with Crippen LogP contribution in [0.1, 0.15) is 25.0 Å². The Hall–Kier alpha value is -2.55. The van der Waals surface area contributed by atoms with Gasteiger partial charge in [0.15, 0.2) is 0 Å². The van der Waals surface area contributed by atoms with Crippen molar-refractivity contribution >= 4 is 11.0 Å². The molecule has 0 atom stereocenters. The van der Waals surface area contributed by atoms with Crippen molar-refractivity contribution in [2.24, 2.45) is 0 Å². The number of hydrogen-bond donors (Lipinski definition) is 0. The average molecular weight is 308 g/mol. The predicted molar refractivity (Wildman–Crippen MR) is 93.2 cm³/mol. The molecule has 3 heteroatoms. The van der Waals surface area contributed by atoms with Crippen molar-refractivity contribution in [2.45, 2.75) is 26.7 Å². The van der Waals surface area contributed by atoms with Crippen molar-refractivity contribution < 1.29 is 9.15 Å². The van der Waals surface area contributed by atoms with E-state index in [9.17, 15) is 4.79 Å². The molecule has 0 saturated carbocycles. The van der Waals surface area contributed by atoms with E-state index in [1.807, 2.05) is 24.3 Å². The Morgan fingerprint density at radius 2 is 1.78 bits per heavy atom. The Labute approximate surface area is 135 Å². The first kappa shape index (κ1) is 15.3. The highest BCUT2D eigenvalue weighted by Gasteiger charge is 2.12. The lowest BCUT2D eigenvalue weighted by molar-refractivity contribution is 0.414. The zero-order valence-corrected chi connectivity index (χ0v) is 13.7. The van der Waals surface area contributed by atoms with E-state index in [-0.39, 0.29) is 5.63 Å². The molecule has 3 rings (SSSR count). The van der Waals surface area contributed by atoms with Crippen LogP contribution in [-0.2, 0) is 12.8 Å². The zero-order chi connectivity index (χ0) is 16.4. The van der Waals surface area contributed by atoms with Gasteiger partial charge in [-0.3, -0.25) is 0 Å². The van der Waals surface area contributed by atoms with Crippen LogP contribution in [0.15, 0.2) is 51.7 Å². The maximum absolute atomic E-state index is 12.4. The molecule has 0 saturated heterocycles. The van der Waals surface area contributed by atoms with E-state index in [4.69, 9.17) is 9.15 Å². The summed E-state index contributed by atoms with van der Waals surface area (Å²) in [6.07, 6.45) is 1.86. The Kier molecular flexibility index (Phi) is 4.20. The second-order valence-electron chi connectivity index (χ2n) is 5.55. The summed E-state index contributed by atoms with van der Waals surface area (Å²) >= 11 is 0. The molecule has 0 bridgehead atoms. The van der Waals surface area contributed by atoms with E-state index in [0.717, 1.165) is 23.8 Å². The lowest BCUT2D eigenvalue weighted by Gasteiger charge is -2.10. The number of methoxy groups -OCH3 is 1. The van der Waals surface area contributed by atoms with Gasteiger partial charge in [0, 0.05) is 11.5 Å². The smallest absolute Gasteiger partial charge is 0.344 e. The van der Waals surface area contributed by atoms with Gasteiger partial charge in [0.2, 0.25) is 0 Å². The highest BCUT2D eigenvalue weighted by atomic mass is 16.5. The third kappa shape index (κ3) is 2.87. The van der Waals surface area contributed by atoms with Crippen molar-refractivity contribution in [3.8, 4) is 16.9 Å². The largest absolute Gasteiger partial charge is 0.497 e. The number of ether oxygens (including phenoxy) is 1. The quantitative estimate of drug-likeness (QED) is 0.662. The van der Waals surface area contributed by atoms with Crippen molar-refractivity contribution in [2.75, 3.05) is 7.11 Å². The van der Waals surface area contributed by atoms with Crippen LogP contribution in [0.4, 0.5) is 0 Å². The predicted octanol–water partition coefficient (Wildman–Crippen LogP) is 4.59. The van der Waals surface area contributed by atoms with Crippen LogP contribution >= 0.6 is 0 Å². The molecule has 23 heavy (non-hydrogen) atoms. The standard InChI is InChI=1S/C20H20O3/c1-4-13-6-9-17(14(5-2)10-13)18-11-15-7-8-16(22-3)12-19(15)23-20(18)21/h6-12H,4-5H2,1-3H3. The van der Waals surface area contributed by atoms with Crippen molar-refractivity contribution in [1.82, 2.24) is 0 Å². The number of hydrogen-bond acceptors (Lipinski definition) is 3. The molecular formula is C20H20O3. The molecule has 0 amide bonds. The minimum absolute atomic E-state index is 0.315. The first-order chi connectivity index (χ1) is 11.2. The Morgan fingerprint density at radius 1 is 0.957 bits per heavy atom. The van der Waals surface area contributed by atoms with Crippen LogP contribution < -0.4 is 10.4 Å². The Balaban J connectivity index is 2.20. The second-order valence-corrected chi connectivity index (χ2v) is 5.55. The van der Waals surface area contributed by atoms with Gasteiger partial charge in [0.05, 0.1) is 12.7 Å². The number of aryl methyl sites for hydroxylation is 2. The fourth-order valence-corrected chi connectivity index (χ4v) is 2.83. The van der Waals surface area contributed by atoms with Crippen LogP contribution in [0.3, 0.4) is 0 Å². The fraction of sp³-hybridized carbons (Fsp3) is 0.250. The van der Waals surface area contributed by atoms with Crippen LogP contribution in [0.5, 0.6) is 5.75 Å². The minimum Gasteiger partial charge on any atom is -0.497 e. The molecule has 1 aromatic heterocycles. The van der Waals surface area contributed by atoms with E-state index in [0.29, 0.717) is 16.9 Å². The SMILES string of the molecule is CCc1ccc(-c2cc3ccc(OC)cc3oc2=O)c(CC)c1. The number of rotatable bonds is 4. The van der Waals surface area contributed by atoms with Crippen LogP contribution in [0, 0.1) is 0 Å². The second kappa shape index (κ2) is 6.29. The summed E-state index contributed by atoms with van der Waals surface area (Å²) < 4.78 is 10.7. The summed E-state index contributed by atoms with van der Waals surface area (Å²) in [4.78, 5) is 12.4. The maximum Gasteiger partial charge on any atom is 0.344 e. The molecule has 0 aliphatic heterocycles. The van der Waals surface area contributed by atoms with E-state index >= 15 is 0 Å². The monoisotopic (exact) mass is 308 g/mol. The molecular weight excluding hydrogens is 288 g/mol. The normalized spacial score (nSPS) is 10.9.